The van der Waals surface area contributed by atoms with Gasteiger partial charge in [0.25, 0.3) is 0 Å². The number of fused-ring (bicyclic) bond motifs is 1. The minimum absolute atomic E-state index is 0.103. The molecule has 0 unspecified atom stereocenters. The third kappa shape index (κ3) is 6.80. The van der Waals surface area contributed by atoms with Crippen LogP contribution in [-0.4, -0.2) is 50.7 Å². The maximum Gasteiger partial charge on any atom is 0.305 e. The number of pyridine rings is 1. The topological polar surface area (TPSA) is 101 Å². The highest BCUT2D eigenvalue weighted by Gasteiger charge is 2.14. The van der Waals surface area contributed by atoms with Gasteiger partial charge in [-0.3, -0.25) is 14.0 Å². The number of carbonyl (C=O) groups excluding carboxylic acids is 2. The van der Waals surface area contributed by atoms with Crippen molar-refractivity contribution in [2.75, 3.05) is 7.11 Å². The molecule has 0 spiro atoms. The van der Waals surface area contributed by atoms with Gasteiger partial charge in [0.1, 0.15) is 11.3 Å². The maximum atomic E-state index is 12.5. The highest BCUT2D eigenvalue weighted by atomic mass is 16.5. The van der Waals surface area contributed by atoms with Crippen molar-refractivity contribution in [3.8, 4) is 0 Å². The second kappa shape index (κ2) is 11.5. The van der Waals surface area contributed by atoms with Gasteiger partial charge in [-0.15, -0.1) is 0 Å². The van der Waals surface area contributed by atoms with Gasteiger partial charge in [0.2, 0.25) is 0 Å². The highest BCUT2D eigenvalue weighted by molar-refractivity contribution is 5.95. The van der Waals surface area contributed by atoms with E-state index in [1.54, 1.807) is 28.8 Å². The molecule has 0 aliphatic rings. The molecule has 0 saturated carbocycles. The lowest BCUT2D eigenvalue weighted by atomic mass is 10.1. The van der Waals surface area contributed by atoms with Crippen LogP contribution < -0.4 is 0 Å². The standard InChI is InChI=1S/C22H30N2O5/c1-3-4-5-7-19(26)20(27)12-10-16-11-13-21-23-14-17(24(21)15-16)18(25)8-6-9-22(28)29-2/h10-15,19-20,26-27H,3-9H2,1-2H3/b12-10+/t19-,20+/m0/s1. The number of nitrogens with zero attached hydrogens (tertiary/aromatic N) is 2. The fraction of sp³-hybridized carbons (Fsp3) is 0.500. The molecule has 29 heavy (non-hydrogen) atoms. The summed E-state index contributed by atoms with van der Waals surface area (Å²) in [6, 6.07) is 3.62. The van der Waals surface area contributed by atoms with Gasteiger partial charge in [-0.2, -0.15) is 0 Å². The van der Waals surface area contributed by atoms with Crippen molar-refractivity contribution < 1.29 is 24.5 Å². The van der Waals surface area contributed by atoms with Crippen LogP contribution in [0.15, 0.2) is 30.6 Å². The van der Waals surface area contributed by atoms with E-state index in [9.17, 15) is 19.8 Å². The van der Waals surface area contributed by atoms with E-state index in [4.69, 9.17) is 0 Å². The molecule has 0 aliphatic carbocycles. The highest BCUT2D eigenvalue weighted by Crippen LogP contribution is 2.15. The van der Waals surface area contributed by atoms with E-state index in [0.717, 1.165) is 24.8 Å². The number of unbranched alkanes of at least 4 members (excludes halogenated alkanes) is 2. The van der Waals surface area contributed by atoms with E-state index in [1.807, 2.05) is 6.07 Å². The van der Waals surface area contributed by atoms with Crippen LogP contribution >= 0.6 is 0 Å². The lowest BCUT2D eigenvalue weighted by Crippen LogP contribution is -2.23. The van der Waals surface area contributed by atoms with Gasteiger partial charge >= 0.3 is 5.97 Å². The Kier molecular flexibility index (Phi) is 9.02. The van der Waals surface area contributed by atoms with E-state index in [0.29, 0.717) is 24.2 Å². The number of Topliss-reactive ketones (excluding diaryl/α,β-unsaturated/α-hetero) is 1. The summed E-state index contributed by atoms with van der Waals surface area (Å²) in [5.74, 6) is -0.437. The number of ketones is 1. The van der Waals surface area contributed by atoms with Crippen molar-refractivity contribution in [1.29, 1.82) is 0 Å². The predicted octanol–water partition coefficient (Wildman–Crippen LogP) is 3.18. The molecule has 0 bridgehead atoms. The van der Waals surface area contributed by atoms with Crippen molar-refractivity contribution in [1.82, 2.24) is 9.38 Å². The molecule has 2 aromatic rings. The molecule has 2 atom stereocenters. The molecule has 7 nitrogen and oxygen atoms in total. The summed E-state index contributed by atoms with van der Waals surface area (Å²) in [5.41, 5.74) is 1.86. The average molecular weight is 402 g/mol. The number of aromatic nitrogens is 2. The third-order valence-electron chi connectivity index (χ3n) is 4.81. The summed E-state index contributed by atoms with van der Waals surface area (Å²) in [7, 11) is 1.32. The average Bonchev–Trinajstić information content (AvgIpc) is 3.15. The molecule has 158 valence electrons. The third-order valence-corrected chi connectivity index (χ3v) is 4.81. The number of imidazole rings is 1. The van der Waals surface area contributed by atoms with Crippen LogP contribution in [0.1, 0.15) is 67.9 Å². The van der Waals surface area contributed by atoms with E-state index in [2.05, 4.69) is 16.6 Å². The number of hydrogen-bond donors (Lipinski definition) is 2. The largest absolute Gasteiger partial charge is 0.469 e. The van der Waals surface area contributed by atoms with Crippen molar-refractivity contribution in [3.05, 3.63) is 41.9 Å². The van der Waals surface area contributed by atoms with Crippen LogP contribution in [0.5, 0.6) is 0 Å². The second-order valence-electron chi connectivity index (χ2n) is 7.10. The van der Waals surface area contributed by atoms with Gasteiger partial charge in [0, 0.05) is 19.0 Å². The maximum absolute atomic E-state index is 12.5. The Labute approximate surface area is 171 Å². The Bertz CT molecular complexity index is 843. The van der Waals surface area contributed by atoms with Crippen molar-refractivity contribution in [2.24, 2.45) is 0 Å². The lowest BCUT2D eigenvalue weighted by Gasteiger charge is -2.14. The number of ether oxygens (including phenoxy) is 1. The zero-order chi connectivity index (χ0) is 21.2. The molecule has 7 heteroatoms. The van der Waals surface area contributed by atoms with E-state index < -0.39 is 12.2 Å². The molecule has 0 amide bonds. The second-order valence-corrected chi connectivity index (χ2v) is 7.10. The number of aliphatic hydroxyl groups is 2. The van der Waals surface area contributed by atoms with Gasteiger partial charge in [-0.25, -0.2) is 4.98 Å². The Hall–Kier alpha value is -2.51. The number of esters is 1. The van der Waals surface area contributed by atoms with Gasteiger partial charge in [-0.1, -0.05) is 38.3 Å². The molecule has 2 rings (SSSR count). The van der Waals surface area contributed by atoms with Crippen LogP contribution in [-0.2, 0) is 9.53 Å². The molecule has 2 heterocycles. The first-order valence-corrected chi connectivity index (χ1v) is 10.1. The first-order chi connectivity index (χ1) is 14.0. The van der Waals surface area contributed by atoms with Crippen molar-refractivity contribution in [2.45, 2.75) is 64.1 Å². The number of rotatable bonds is 12. The molecule has 0 fully saturated rings. The zero-order valence-electron chi connectivity index (χ0n) is 17.1. The molecule has 0 aromatic carbocycles. The predicted molar refractivity (Wildman–Crippen MR) is 111 cm³/mol. The van der Waals surface area contributed by atoms with E-state index >= 15 is 0 Å². The normalized spacial score (nSPS) is 13.7. The molecular weight excluding hydrogens is 372 g/mol. The molecule has 0 saturated heterocycles. The summed E-state index contributed by atoms with van der Waals surface area (Å²) in [4.78, 5) is 27.9. The summed E-state index contributed by atoms with van der Waals surface area (Å²) in [6.45, 7) is 2.09. The number of carbonyl (C=O) groups is 2. The number of methoxy groups -OCH3 is 1. The zero-order valence-corrected chi connectivity index (χ0v) is 17.1. The van der Waals surface area contributed by atoms with Crippen LogP contribution in [0, 0.1) is 0 Å². The number of hydrogen-bond acceptors (Lipinski definition) is 6. The van der Waals surface area contributed by atoms with Crippen molar-refractivity contribution in [3.63, 3.8) is 0 Å². The van der Waals surface area contributed by atoms with Gasteiger partial charge < -0.3 is 14.9 Å². The Morgan fingerprint density at radius 2 is 2.00 bits per heavy atom. The lowest BCUT2D eigenvalue weighted by molar-refractivity contribution is -0.140. The Balaban J connectivity index is 2.04. The number of aliphatic hydroxyl groups excluding tert-OH is 2. The fourth-order valence-corrected chi connectivity index (χ4v) is 3.04. The molecule has 2 N–H and O–H groups in total. The quantitative estimate of drug-likeness (QED) is 0.321. The molecular formula is C22H30N2O5. The van der Waals surface area contributed by atoms with E-state index in [-0.39, 0.29) is 24.6 Å². The smallest absolute Gasteiger partial charge is 0.305 e. The monoisotopic (exact) mass is 402 g/mol. The van der Waals surface area contributed by atoms with Crippen LogP contribution in [0.2, 0.25) is 0 Å². The SMILES string of the molecule is CCCCC[C@H](O)[C@H](O)/C=C/c1ccc2ncc(C(=O)CCCC(=O)OC)n2c1. The first-order valence-electron chi connectivity index (χ1n) is 10.1. The first kappa shape index (κ1) is 22.8. The van der Waals surface area contributed by atoms with Gasteiger partial charge in [0.15, 0.2) is 5.78 Å². The molecule has 0 radical (unpaired) electrons. The van der Waals surface area contributed by atoms with Crippen LogP contribution in [0.4, 0.5) is 0 Å². The van der Waals surface area contributed by atoms with Crippen LogP contribution in [0.3, 0.4) is 0 Å². The molecule has 2 aromatic heterocycles. The molecule has 0 aliphatic heterocycles. The Morgan fingerprint density at radius 3 is 2.72 bits per heavy atom. The van der Waals surface area contributed by atoms with Crippen LogP contribution in [0.25, 0.3) is 11.7 Å². The van der Waals surface area contributed by atoms with Crippen molar-refractivity contribution >= 4 is 23.5 Å². The van der Waals surface area contributed by atoms with Gasteiger partial charge in [-0.05, 0) is 30.5 Å². The van der Waals surface area contributed by atoms with E-state index in [1.165, 1.54) is 13.3 Å². The summed E-state index contributed by atoms with van der Waals surface area (Å²) in [5, 5.41) is 20.1. The minimum atomic E-state index is -0.940. The summed E-state index contributed by atoms with van der Waals surface area (Å²) >= 11 is 0. The summed E-state index contributed by atoms with van der Waals surface area (Å²) < 4.78 is 6.28. The summed E-state index contributed by atoms with van der Waals surface area (Å²) in [6.07, 6.45) is 9.22. The van der Waals surface area contributed by atoms with Gasteiger partial charge in [0.05, 0.1) is 25.5 Å². The minimum Gasteiger partial charge on any atom is -0.469 e. The Morgan fingerprint density at radius 1 is 1.21 bits per heavy atom. The fourth-order valence-electron chi connectivity index (χ4n) is 3.04.